The zero-order valence-corrected chi connectivity index (χ0v) is 8.26. The minimum atomic E-state index is -0.620. The minimum Gasteiger partial charge on any atom is -0.388 e. The molecule has 0 bridgehead atoms. The molecule has 2 N–H and O–H groups in total. The van der Waals surface area contributed by atoms with Gasteiger partial charge in [-0.1, -0.05) is 5.57 Å². The van der Waals surface area contributed by atoms with Crippen molar-refractivity contribution < 1.29 is 9.90 Å². The van der Waals surface area contributed by atoms with Crippen molar-refractivity contribution in [1.82, 2.24) is 5.32 Å². The molecule has 1 fully saturated rings. The summed E-state index contributed by atoms with van der Waals surface area (Å²) in [5.41, 5.74) is 0.351. The van der Waals surface area contributed by atoms with Gasteiger partial charge in [0.05, 0.1) is 5.60 Å². The van der Waals surface area contributed by atoms with E-state index in [0.29, 0.717) is 6.54 Å². The molecule has 0 aromatic heterocycles. The van der Waals surface area contributed by atoms with Gasteiger partial charge in [0.2, 0.25) is 5.91 Å². The Morgan fingerprint density at radius 3 is 2.54 bits per heavy atom. The minimum absolute atomic E-state index is 0.111. The lowest BCUT2D eigenvalue weighted by atomic mass is 9.80. The van der Waals surface area contributed by atoms with Crippen molar-refractivity contribution in [3.05, 3.63) is 11.6 Å². The van der Waals surface area contributed by atoms with Gasteiger partial charge in [0, 0.05) is 12.6 Å². The number of rotatable bonds is 3. The molecule has 13 heavy (non-hydrogen) atoms. The Kier molecular flexibility index (Phi) is 3.09. The SMILES string of the molecule is CC(C)=CC(=O)NCC1(O)CCC1. The highest BCUT2D eigenvalue weighted by molar-refractivity contribution is 5.88. The molecule has 1 aliphatic carbocycles. The van der Waals surface area contributed by atoms with E-state index >= 15 is 0 Å². The van der Waals surface area contributed by atoms with E-state index in [1.54, 1.807) is 6.08 Å². The largest absolute Gasteiger partial charge is 0.388 e. The van der Waals surface area contributed by atoms with E-state index in [1.807, 2.05) is 13.8 Å². The Balaban J connectivity index is 2.26. The molecule has 0 aromatic rings. The summed E-state index contributed by atoms with van der Waals surface area (Å²) in [7, 11) is 0. The molecule has 1 saturated carbocycles. The summed E-state index contributed by atoms with van der Waals surface area (Å²) in [5.74, 6) is -0.111. The van der Waals surface area contributed by atoms with Crippen molar-refractivity contribution in [3.8, 4) is 0 Å². The van der Waals surface area contributed by atoms with Gasteiger partial charge in [-0.3, -0.25) is 4.79 Å². The first-order chi connectivity index (χ1) is 6.02. The monoisotopic (exact) mass is 183 g/mol. The Bertz CT molecular complexity index is 225. The molecule has 0 radical (unpaired) electrons. The fourth-order valence-electron chi connectivity index (χ4n) is 1.33. The van der Waals surface area contributed by atoms with E-state index in [0.717, 1.165) is 24.8 Å². The summed E-state index contributed by atoms with van der Waals surface area (Å²) in [6, 6.07) is 0. The number of carbonyl (C=O) groups is 1. The van der Waals surface area contributed by atoms with Crippen LogP contribution in [0.2, 0.25) is 0 Å². The van der Waals surface area contributed by atoms with Crippen LogP contribution < -0.4 is 5.32 Å². The molecule has 0 saturated heterocycles. The molecule has 0 unspecified atom stereocenters. The van der Waals surface area contributed by atoms with Gasteiger partial charge in [0.1, 0.15) is 0 Å². The Labute approximate surface area is 78.8 Å². The Morgan fingerprint density at radius 1 is 1.54 bits per heavy atom. The third-order valence-corrected chi connectivity index (χ3v) is 2.30. The van der Waals surface area contributed by atoms with Crippen LogP contribution >= 0.6 is 0 Å². The number of allylic oxidation sites excluding steroid dienone is 1. The van der Waals surface area contributed by atoms with Gasteiger partial charge in [0.15, 0.2) is 0 Å². The first-order valence-corrected chi connectivity index (χ1v) is 4.67. The topological polar surface area (TPSA) is 49.3 Å². The second-order valence-corrected chi connectivity index (χ2v) is 4.02. The maximum Gasteiger partial charge on any atom is 0.244 e. The van der Waals surface area contributed by atoms with Crippen LogP contribution in [0.25, 0.3) is 0 Å². The van der Waals surface area contributed by atoms with Crippen LogP contribution in [0.4, 0.5) is 0 Å². The first kappa shape index (κ1) is 10.3. The Morgan fingerprint density at radius 2 is 2.15 bits per heavy atom. The van der Waals surface area contributed by atoms with Gasteiger partial charge < -0.3 is 10.4 Å². The average molecular weight is 183 g/mol. The lowest BCUT2D eigenvalue weighted by Crippen LogP contribution is -2.47. The normalized spacial score (nSPS) is 18.7. The second kappa shape index (κ2) is 3.92. The van der Waals surface area contributed by atoms with Gasteiger partial charge in [-0.15, -0.1) is 0 Å². The predicted octanol–water partition coefficient (Wildman–Crippen LogP) is 0.984. The number of hydrogen-bond acceptors (Lipinski definition) is 2. The van der Waals surface area contributed by atoms with Gasteiger partial charge in [-0.05, 0) is 33.1 Å². The predicted molar refractivity (Wildman–Crippen MR) is 51.2 cm³/mol. The molecule has 3 heteroatoms. The summed E-state index contributed by atoms with van der Waals surface area (Å²) in [5, 5.41) is 12.3. The molecule has 0 heterocycles. The summed E-state index contributed by atoms with van der Waals surface area (Å²) < 4.78 is 0. The van der Waals surface area contributed by atoms with Crippen LogP contribution in [0.15, 0.2) is 11.6 Å². The van der Waals surface area contributed by atoms with Crippen LogP contribution in [0.3, 0.4) is 0 Å². The van der Waals surface area contributed by atoms with Crippen LogP contribution in [0.5, 0.6) is 0 Å². The van der Waals surface area contributed by atoms with Gasteiger partial charge in [-0.2, -0.15) is 0 Å². The maximum absolute atomic E-state index is 11.1. The molecular formula is C10H17NO2. The van der Waals surface area contributed by atoms with Crippen molar-refractivity contribution in [2.75, 3.05) is 6.54 Å². The lowest BCUT2D eigenvalue weighted by molar-refractivity contribution is -0.119. The quantitative estimate of drug-likeness (QED) is 0.641. The van der Waals surface area contributed by atoms with Crippen LogP contribution in [0, 0.1) is 0 Å². The van der Waals surface area contributed by atoms with E-state index in [-0.39, 0.29) is 5.91 Å². The summed E-state index contributed by atoms with van der Waals surface area (Å²) in [4.78, 5) is 11.1. The lowest BCUT2D eigenvalue weighted by Gasteiger charge is -2.36. The molecule has 74 valence electrons. The van der Waals surface area contributed by atoms with Crippen LogP contribution in [0.1, 0.15) is 33.1 Å². The van der Waals surface area contributed by atoms with Crippen molar-refractivity contribution >= 4 is 5.91 Å². The van der Waals surface area contributed by atoms with Crippen molar-refractivity contribution in [2.45, 2.75) is 38.7 Å². The molecule has 3 nitrogen and oxygen atoms in total. The van der Waals surface area contributed by atoms with E-state index in [1.165, 1.54) is 0 Å². The summed E-state index contributed by atoms with van der Waals surface area (Å²) in [6.45, 7) is 4.13. The highest BCUT2D eigenvalue weighted by Gasteiger charge is 2.34. The van der Waals surface area contributed by atoms with E-state index < -0.39 is 5.60 Å². The van der Waals surface area contributed by atoms with E-state index in [2.05, 4.69) is 5.32 Å². The fourth-order valence-corrected chi connectivity index (χ4v) is 1.33. The number of carbonyl (C=O) groups excluding carboxylic acids is 1. The standard InChI is InChI=1S/C10H17NO2/c1-8(2)6-9(12)11-7-10(13)4-3-5-10/h6,13H,3-5,7H2,1-2H3,(H,11,12). The molecule has 1 aliphatic rings. The molecular weight excluding hydrogens is 166 g/mol. The highest BCUT2D eigenvalue weighted by Crippen LogP contribution is 2.30. The number of nitrogens with one attached hydrogen (secondary N) is 1. The molecule has 0 spiro atoms. The zero-order chi connectivity index (χ0) is 9.90. The smallest absolute Gasteiger partial charge is 0.244 e. The number of hydrogen-bond donors (Lipinski definition) is 2. The summed E-state index contributed by atoms with van der Waals surface area (Å²) in [6.07, 6.45) is 4.22. The second-order valence-electron chi connectivity index (χ2n) is 4.02. The highest BCUT2D eigenvalue weighted by atomic mass is 16.3. The molecule has 1 amide bonds. The first-order valence-electron chi connectivity index (χ1n) is 4.67. The average Bonchev–Trinajstić information content (AvgIpc) is 1.96. The van der Waals surface area contributed by atoms with Crippen molar-refractivity contribution in [3.63, 3.8) is 0 Å². The maximum atomic E-state index is 11.1. The molecule has 0 aromatic carbocycles. The van der Waals surface area contributed by atoms with Crippen LogP contribution in [-0.4, -0.2) is 23.2 Å². The van der Waals surface area contributed by atoms with Crippen LogP contribution in [-0.2, 0) is 4.79 Å². The third-order valence-electron chi connectivity index (χ3n) is 2.30. The van der Waals surface area contributed by atoms with E-state index in [4.69, 9.17) is 0 Å². The third kappa shape index (κ3) is 3.19. The van der Waals surface area contributed by atoms with E-state index in [9.17, 15) is 9.90 Å². The van der Waals surface area contributed by atoms with Gasteiger partial charge >= 0.3 is 0 Å². The summed E-state index contributed by atoms with van der Waals surface area (Å²) >= 11 is 0. The van der Waals surface area contributed by atoms with Gasteiger partial charge in [0.25, 0.3) is 0 Å². The molecule has 0 atom stereocenters. The number of amides is 1. The number of aliphatic hydroxyl groups is 1. The molecule has 0 aliphatic heterocycles. The van der Waals surface area contributed by atoms with Crippen molar-refractivity contribution in [1.29, 1.82) is 0 Å². The Hall–Kier alpha value is -0.830. The fraction of sp³-hybridized carbons (Fsp3) is 0.700. The van der Waals surface area contributed by atoms with Crippen molar-refractivity contribution in [2.24, 2.45) is 0 Å². The zero-order valence-electron chi connectivity index (χ0n) is 8.26. The molecule has 1 rings (SSSR count). The van der Waals surface area contributed by atoms with Gasteiger partial charge in [-0.25, -0.2) is 0 Å².